The highest BCUT2D eigenvalue weighted by Gasteiger charge is 2.33. The van der Waals surface area contributed by atoms with Crippen molar-refractivity contribution < 1.29 is 28.1 Å². The molecule has 0 spiro atoms. The fraction of sp³-hybridized carbons (Fsp3) is 0.250. The number of hydrogen-bond acceptors (Lipinski definition) is 6. The van der Waals surface area contributed by atoms with E-state index < -0.39 is 21.4 Å². The van der Waals surface area contributed by atoms with Gasteiger partial charge in [0.25, 0.3) is 0 Å². The number of carbonyl (C=O) groups excluding carboxylic acids is 3. The van der Waals surface area contributed by atoms with Crippen LogP contribution in [-0.2, 0) is 66.6 Å². The molecule has 72 heavy (non-hydrogen) atoms. The van der Waals surface area contributed by atoms with E-state index in [1.54, 1.807) is 0 Å². The molecule has 0 aromatic heterocycles. The van der Waals surface area contributed by atoms with Crippen molar-refractivity contribution in [1.82, 2.24) is 16.0 Å². The molecule has 0 fully saturated rings. The minimum Gasteiger partial charge on any atom is -0.355 e. The number of amides is 3. The monoisotopic (exact) mass is 1020 g/mol. The minimum atomic E-state index is -3.30. The lowest BCUT2D eigenvalue weighted by molar-refractivity contribution is -0.119. The highest BCUT2D eigenvalue weighted by Crippen LogP contribution is 2.45. The number of benzene rings is 7. The van der Waals surface area contributed by atoms with E-state index in [0.29, 0.717) is 90.0 Å². The Kier molecular flexibility index (Phi) is 18.8. The van der Waals surface area contributed by atoms with Crippen LogP contribution in [0.15, 0.2) is 182 Å². The highest BCUT2D eigenvalue weighted by atomic mass is 31.2. The molecule has 0 aliphatic rings. The van der Waals surface area contributed by atoms with E-state index in [9.17, 15) is 28.1 Å². The van der Waals surface area contributed by atoms with Crippen molar-refractivity contribution in [3.05, 3.63) is 215 Å². The molecule has 0 radical (unpaired) electrons. The van der Waals surface area contributed by atoms with Crippen LogP contribution >= 0.6 is 21.4 Å². The van der Waals surface area contributed by atoms with Gasteiger partial charge in [0.2, 0.25) is 17.7 Å². The summed E-state index contributed by atoms with van der Waals surface area (Å²) >= 11 is 0. The van der Waals surface area contributed by atoms with Gasteiger partial charge in [0.15, 0.2) is 21.4 Å². The van der Waals surface area contributed by atoms with Crippen LogP contribution < -0.4 is 47.8 Å². The molecule has 3 amide bonds. The SMILES string of the molecule is CCc1c(CCNC(=O)CP(=O)(c2ccccc2)c2ccccc2)c(CC)c(CCNC(=O)CP(=O)(c2ccccc2)c2ccccc2)c(CC)c1CCNC(=O)CP(=O)(c1ccccc1)c1ccccc1. The molecule has 0 unspecified atom stereocenters. The van der Waals surface area contributed by atoms with E-state index in [2.05, 4.69) is 36.7 Å². The van der Waals surface area contributed by atoms with Crippen molar-refractivity contribution >= 4 is 71.0 Å². The van der Waals surface area contributed by atoms with Crippen LogP contribution in [0, 0.1) is 0 Å². The lowest BCUT2D eigenvalue weighted by Crippen LogP contribution is -2.34. The second kappa shape index (κ2) is 25.3. The summed E-state index contributed by atoms with van der Waals surface area (Å²) in [4.78, 5) is 41.7. The van der Waals surface area contributed by atoms with E-state index in [0.717, 1.165) is 33.4 Å². The summed E-state index contributed by atoms with van der Waals surface area (Å²) < 4.78 is 44.4. The van der Waals surface area contributed by atoms with Crippen molar-refractivity contribution in [1.29, 1.82) is 0 Å². The zero-order chi connectivity index (χ0) is 51.0. The molecule has 0 saturated carbocycles. The molecule has 0 aliphatic heterocycles. The van der Waals surface area contributed by atoms with Crippen molar-refractivity contribution in [3.63, 3.8) is 0 Å². The fourth-order valence-corrected chi connectivity index (χ4v) is 17.5. The van der Waals surface area contributed by atoms with Crippen LogP contribution in [0.4, 0.5) is 0 Å². The standard InChI is InChI=1S/C60H66N3O6P3/c1-4-52-55(37-40-61-58(64)43-70(67,46-25-13-7-14-26-46)47-27-15-8-16-28-47)53(5-2)57(39-42-63-60(66)45-72(69,50-33-21-11-22-34-50)51-35-23-12-24-36-51)54(6-3)56(52)38-41-62-59(65)44-71(68,48-29-17-9-18-30-48)49-31-19-10-20-32-49/h7-36H,4-6,37-45H2,1-3H3,(H,61,64)(H,62,65)(H,63,66). The Labute approximate surface area is 425 Å². The predicted molar refractivity (Wildman–Crippen MR) is 299 cm³/mol. The first-order valence-corrected chi connectivity index (χ1v) is 30.7. The highest BCUT2D eigenvalue weighted by molar-refractivity contribution is 7.80. The van der Waals surface area contributed by atoms with E-state index in [4.69, 9.17) is 0 Å². The molecule has 372 valence electrons. The van der Waals surface area contributed by atoms with Gasteiger partial charge in [-0.2, -0.15) is 0 Å². The first-order valence-electron chi connectivity index (χ1n) is 25.0. The number of hydrogen-bond donors (Lipinski definition) is 3. The van der Waals surface area contributed by atoms with E-state index in [1.807, 2.05) is 182 Å². The molecule has 0 saturated heterocycles. The van der Waals surface area contributed by atoms with Gasteiger partial charge < -0.3 is 29.6 Å². The molecule has 12 heteroatoms. The van der Waals surface area contributed by atoms with E-state index >= 15 is 0 Å². The van der Waals surface area contributed by atoms with Crippen LogP contribution in [0.2, 0.25) is 0 Å². The Morgan fingerprint density at radius 3 is 0.653 bits per heavy atom. The predicted octanol–water partition coefficient (Wildman–Crippen LogP) is 8.39. The maximum Gasteiger partial charge on any atom is 0.228 e. The van der Waals surface area contributed by atoms with Crippen LogP contribution in [0.3, 0.4) is 0 Å². The molecule has 0 heterocycles. The largest absolute Gasteiger partial charge is 0.355 e. The van der Waals surface area contributed by atoms with Crippen molar-refractivity contribution in [2.45, 2.75) is 59.3 Å². The minimum absolute atomic E-state index is 0.171. The van der Waals surface area contributed by atoms with Gasteiger partial charge in [-0.15, -0.1) is 0 Å². The fourth-order valence-electron chi connectivity index (χ4n) is 10.0. The Hall–Kier alpha value is -6.36. The molecule has 0 bridgehead atoms. The Morgan fingerprint density at radius 2 is 0.486 bits per heavy atom. The summed E-state index contributed by atoms with van der Waals surface area (Å²) in [5.74, 6) is -0.903. The maximum atomic E-state index is 14.8. The van der Waals surface area contributed by atoms with Crippen molar-refractivity contribution in [2.24, 2.45) is 0 Å². The summed E-state index contributed by atoms with van der Waals surface area (Å²) in [5, 5.41) is 13.2. The zero-order valence-electron chi connectivity index (χ0n) is 41.6. The molecule has 0 aliphatic carbocycles. The van der Waals surface area contributed by atoms with Gasteiger partial charge in [-0.1, -0.05) is 203 Å². The third-order valence-corrected chi connectivity index (χ3v) is 22.5. The maximum absolute atomic E-state index is 14.8. The molecule has 7 rings (SSSR count). The topological polar surface area (TPSA) is 139 Å². The average Bonchev–Trinajstić information content (AvgIpc) is 3.42. The quantitative estimate of drug-likeness (QED) is 0.0521. The summed E-state index contributed by atoms with van der Waals surface area (Å²) in [6.07, 6.45) is 3.12. The van der Waals surface area contributed by atoms with Crippen LogP contribution in [0.1, 0.15) is 54.2 Å². The second-order valence-electron chi connectivity index (χ2n) is 17.9. The lowest BCUT2D eigenvalue weighted by Gasteiger charge is -2.27. The Morgan fingerprint density at radius 1 is 0.306 bits per heavy atom. The molecule has 3 N–H and O–H groups in total. The normalized spacial score (nSPS) is 11.7. The first-order chi connectivity index (χ1) is 34.9. The summed E-state index contributed by atoms with van der Waals surface area (Å²) in [7, 11) is -9.91. The number of nitrogens with one attached hydrogen (secondary N) is 3. The lowest BCUT2D eigenvalue weighted by atomic mass is 9.80. The van der Waals surface area contributed by atoms with E-state index in [-0.39, 0.29) is 36.2 Å². The van der Waals surface area contributed by atoms with Crippen LogP contribution in [0.5, 0.6) is 0 Å². The summed E-state index contributed by atoms with van der Waals surface area (Å²) in [5.41, 5.74) is 6.82. The molecule has 7 aromatic carbocycles. The molecule has 7 aromatic rings. The van der Waals surface area contributed by atoms with Crippen LogP contribution in [0.25, 0.3) is 0 Å². The van der Waals surface area contributed by atoms with Gasteiger partial charge in [0.1, 0.15) is 0 Å². The molecule has 0 atom stereocenters. The summed E-state index contributed by atoms with van der Waals surface area (Å²) in [6.45, 7) is 7.31. The number of carbonyl (C=O) groups is 3. The second-order valence-corrected chi connectivity index (χ2v) is 26.4. The van der Waals surface area contributed by atoms with Gasteiger partial charge in [-0.25, -0.2) is 0 Å². The van der Waals surface area contributed by atoms with Gasteiger partial charge in [0.05, 0.1) is 18.5 Å². The average molecular weight is 1020 g/mol. The van der Waals surface area contributed by atoms with Gasteiger partial charge >= 0.3 is 0 Å². The van der Waals surface area contributed by atoms with E-state index in [1.165, 1.54) is 0 Å². The smallest absolute Gasteiger partial charge is 0.228 e. The Balaban J connectivity index is 1.15. The van der Waals surface area contributed by atoms with Crippen molar-refractivity contribution in [3.8, 4) is 0 Å². The van der Waals surface area contributed by atoms with Gasteiger partial charge in [-0.3, -0.25) is 14.4 Å². The van der Waals surface area contributed by atoms with Gasteiger partial charge in [0, 0.05) is 51.5 Å². The number of rotatable bonds is 24. The molecule has 9 nitrogen and oxygen atoms in total. The summed E-state index contributed by atoms with van der Waals surface area (Å²) in [6, 6.07) is 55.2. The third-order valence-electron chi connectivity index (χ3n) is 13.5. The molecular formula is C60H66N3O6P3. The van der Waals surface area contributed by atoms with Crippen molar-refractivity contribution in [2.75, 3.05) is 38.1 Å². The third kappa shape index (κ3) is 12.6. The Bertz CT molecular complexity index is 2580. The van der Waals surface area contributed by atoms with Gasteiger partial charge in [-0.05, 0) is 71.9 Å². The molecular weight excluding hydrogens is 952 g/mol. The first kappa shape index (κ1) is 53.4. The zero-order valence-corrected chi connectivity index (χ0v) is 44.3. The van der Waals surface area contributed by atoms with Crippen LogP contribution in [-0.4, -0.2) is 55.8 Å².